The third kappa shape index (κ3) is 4.64. The van der Waals surface area contributed by atoms with Gasteiger partial charge in [-0.2, -0.15) is 4.31 Å². The van der Waals surface area contributed by atoms with E-state index in [1.807, 2.05) is 6.07 Å². The molecule has 24 heavy (non-hydrogen) atoms. The van der Waals surface area contributed by atoms with E-state index in [0.29, 0.717) is 18.7 Å². The average Bonchev–Trinajstić information content (AvgIpc) is 2.95. The van der Waals surface area contributed by atoms with Crippen molar-refractivity contribution in [2.75, 3.05) is 26.2 Å². The van der Waals surface area contributed by atoms with E-state index in [9.17, 15) is 12.8 Å². The first kappa shape index (κ1) is 18.0. The summed E-state index contributed by atoms with van der Waals surface area (Å²) in [6.07, 6.45) is 0. The molecule has 4 nitrogen and oxygen atoms in total. The highest BCUT2D eigenvalue weighted by Crippen LogP contribution is 2.24. The zero-order chi connectivity index (χ0) is 17.2. The molecule has 2 heterocycles. The van der Waals surface area contributed by atoms with Crippen molar-refractivity contribution in [2.24, 2.45) is 0 Å². The Bertz CT molecular complexity index is 785. The number of hydrogen-bond acceptors (Lipinski definition) is 4. The smallest absolute Gasteiger partial charge is 0.218 e. The van der Waals surface area contributed by atoms with Crippen LogP contribution in [0.1, 0.15) is 10.4 Å². The Morgan fingerprint density at radius 3 is 2.29 bits per heavy atom. The van der Waals surface area contributed by atoms with Crippen molar-refractivity contribution in [3.8, 4) is 0 Å². The number of rotatable bonds is 5. The van der Waals surface area contributed by atoms with Gasteiger partial charge in [0.25, 0.3) is 0 Å². The molecule has 1 aliphatic rings. The van der Waals surface area contributed by atoms with Crippen LogP contribution < -0.4 is 0 Å². The Kier molecular flexibility index (Phi) is 5.71. The van der Waals surface area contributed by atoms with Crippen LogP contribution in [0.5, 0.6) is 0 Å². The first-order valence-corrected chi connectivity index (χ1v) is 10.8. The number of piperazine rings is 1. The zero-order valence-electron chi connectivity index (χ0n) is 13.0. The maximum absolute atomic E-state index is 12.9. The summed E-state index contributed by atoms with van der Waals surface area (Å²) in [4.78, 5) is 3.53. The second-order valence-corrected chi connectivity index (χ2v) is 10.3. The molecule has 0 spiro atoms. The number of thiophene rings is 1. The van der Waals surface area contributed by atoms with Gasteiger partial charge in [0.1, 0.15) is 5.82 Å². The van der Waals surface area contributed by atoms with E-state index in [4.69, 9.17) is 0 Å². The lowest BCUT2D eigenvalue weighted by molar-refractivity contribution is 0.183. The summed E-state index contributed by atoms with van der Waals surface area (Å²) in [5.74, 6) is -0.435. The maximum atomic E-state index is 12.9. The highest BCUT2D eigenvalue weighted by molar-refractivity contribution is 9.11. The number of hydrogen-bond donors (Lipinski definition) is 0. The summed E-state index contributed by atoms with van der Waals surface area (Å²) < 4.78 is 40.6. The molecular weight excluding hydrogens is 415 g/mol. The molecule has 1 aromatic heterocycles. The maximum Gasteiger partial charge on any atom is 0.218 e. The second-order valence-electron chi connectivity index (χ2n) is 5.76. The minimum atomic E-state index is -3.36. The molecule has 1 aromatic carbocycles. The Balaban J connectivity index is 1.56. The SMILES string of the molecule is O=S(=O)(Cc1ccc(F)cc1)N1CCN(Cc2ccc(Br)s2)CC1. The standard InChI is InChI=1S/C16H18BrFN2O2S2/c17-16-6-5-15(23-16)11-19-7-9-20(10-8-19)24(21,22)12-13-1-3-14(18)4-2-13/h1-6H,7-12H2. The summed E-state index contributed by atoms with van der Waals surface area (Å²) in [6.45, 7) is 3.28. The molecule has 3 rings (SSSR count). The number of halogens is 2. The number of nitrogens with zero attached hydrogens (tertiary/aromatic N) is 2. The number of sulfonamides is 1. The van der Waals surface area contributed by atoms with Gasteiger partial charge in [0.15, 0.2) is 0 Å². The molecule has 0 saturated carbocycles. The summed E-state index contributed by atoms with van der Waals surface area (Å²) in [6, 6.07) is 9.76. The van der Waals surface area contributed by atoms with E-state index in [1.54, 1.807) is 11.3 Å². The lowest BCUT2D eigenvalue weighted by Crippen LogP contribution is -2.48. The molecule has 130 valence electrons. The topological polar surface area (TPSA) is 40.6 Å². The van der Waals surface area contributed by atoms with Gasteiger partial charge in [0.2, 0.25) is 10.0 Å². The molecule has 1 fully saturated rings. The van der Waals surface area contributed by atoms with E-state index in [0.717, 1.165) is 23.4 Å². The number of benzene rings is 1. The van der Waals surface area contributed by atoms with Crippen molar-refractivity contribution in [1.29, 1.82) is 0 Å². The van der Waals surface area contributed by atoms with Crippen molar-refractivity contribution >= 4 is 37.3 Å². The van der Waals surface area contributed by atoms with Crippen LogP contribution in [0.4, 0.5) is 4.39 Å². The molecule has 8 heteroatoms. The van der Waals surface area contributed by atoms with Crippen LogP contribution >= 0.6 is 27.3 Å². The van der Waals surface area contributed by atoms with E-state index in [2.05, 4.69) is 26.9 Å². The van der Waals surface area contributed by atoms with Crippen LogP contribution in [0.25, 0.3) is 0 Å². The predicted octanol–water partition coefficient (Wildman–Crippen LogP) is 3.30. The van der Waals surface area contributed by atoms with Gasteiger partial charge in [-0.3, -0.25) is 4.90 Å². The van der Waals surface area contributed by atoms with E-state index in [1.165, 1.54) is 33.4 Å². The first-order valence-electron chi connectivity index (χ1n) is 7.61. The van der Waals surface area contributed by atoms with Crippen molar-refractivity contribution < 1.29 is 12.8 Å². The molecule has 0 aliphatic carbocycles. The van der Waals surface area contributed by atoms with Gasteiger partial charge in [0.05, 0.1) is 9.54 Å². The normalized spacial score (nSPS) is 17.2. The Morgan fingerprint density at radius 2 is 1.71 bits per heavy atom. The minimum absolute atomic E-state index is 0.0782. The van der Waals surface area contributed by atoms with Crippen molar-refractivity contribution in [2.45, 2.75) is 12.3 Å². The Morgan fingerprint density at radius 1 is 1.04 bits per heavy atom. The fraction of sp³-hybridized carbons (Fsp3) is 0.375. The Labute approximate surface area is 154 Å². The van der Waals surface area contributed by atoms with Crippen LogP contribution in [0.3, 0.4) is 0 Å². The van der Waals surface area contributed by atoms with Crippen molar-refractivity contribution in [1.82, 2.24) is 9.21 Å². The molecule has 2 aromatic rings. The van der Waals surface area contributed by atoms with Crippen LogP contribution in [0, 0.1) is 5.82 Å². The quantitative estimate of drug-likeness (QED) is 0.727. The van der Waals surface area contributed by atoms with Crippen molar-refractivity contribution in [3.63, 3.8) is 0 Å². The van der Waals surface area contributed by atoms with E-state index in [-0.39, 0.29) is 11.6 Å². The van der Waals surface area contributed by atoms with Crippen LogP contribution in [0.2, 0.25) is 0 Å². The molecule has 0 N–H and O–H groups in total. The van der Waals surface area contributed by atoms with E-state index >= 15 is 0 Å². The van der Waals surface area contributed by atoms with Gasteiger partial charge in [-0.25, -0.2) is 12.8 Å². The van der Waals surface area contributed by atoms with Crippen LogP contribution in [0.15, 0.2) is 40.2 Å². The van der Waals surface area contributed by atoms with Gasteiger partial charge in [-0.05, 0) is 45.8 Å². The summed E-state index contributed by atoms with van der Waals surface area (Å²) in [7, 11) is -3.36. The molecule has 1 aliphatic heterocycles. The van der Waals surface area contributed by atoms with Gasteiger partial charge in [0, 0.05) is 37.6 Å². The summed E-state index contributed by atoms with van der Waals surface area (Å²) in [5, 5.41) is 0. The fourth-order valence-corrected chi connectivity index (χ4v) is 5.75. The summed E-state index contributed by atoms with van der Waals surface area (Å²) >= 11 is 5.16. The molecular formula is C16H18BrFN2O2S2. The monoisotopic (exact) mass is 432 g/mol. The second kappa shape index (κ2) is 7.61. The van der Waals surface area contributed by atoms with Gasteiger partial charge >= 0.3 is 0 Å². The predicted molar refractivity (Wildman–Crippen MR) is 97.9 cm³/mol. The largest absolute Gasteiger partial charge is 0.296 e. The lowest BCUT2D eigenvalue weighted by Gasteiger charge is -2.33. The van der Waals surface area contributed by atoms with Crippen LogP contribution in [-0.4, -0.2) is 43.8 Å². The third-order valence-electron chi connectivity index (χ3n) is 4.00. The fourth-order valence-electron chi connectivity index (χ4n) is 2.71. The van der Waals surface area contributed by atoms with E-state index < -0.39 is 10.0 Å². The lowest BCUT2D eigenvalue weighted by atomic mass is 10.2. The first-order chi connectivity index (χ1) is 11.4. The van der Waals surface area contributed by atoms with Crippen molar-refractivity contribution in [3.05, 3.63) is 56.4 Å². The molecule has 0 bridgehead atoms. The highest BCUT2D eigenvalue weighted by atomic mass is 79.9. The molecule has 0 unspecified atom stereocenters. The Hall–Kier alpha value is -0.800. The zero-order valence-corrected chi connectivity index (χ0v) is 16.2. The molecule has 1 saturated heterocycles. The van der Waals surface area contributed by atoms with Gasteiger partial charge in [-0.1, -0.05) is 12.1 Å². The average molecular weight is 433 g/mol. The molecule has 0 atom stereocenters. The molecule has 0 radical (unpaired) electrons. The third-order valence-corrected chi connectivity index (χ3v) is 7.45. The van der Waals surface area contributed by atoms with Gasteiger partial charge in [-0.15, -0.1) is 11.3 Å². The van der Waals surface area contributed by atoms with Gasteiger partial charge < -0.3 is 0 Å². The highest BCUT2D eigenvalue weighted by Gasteiger charge is 2.27. The summed E-state index contributed by atoms with van der Waals surface area (Å²) in [5.41, 5.74) is 0.613. The van der Waals surface area contributed by atoms with Crippen LogP contribution in [-0.2, 0) is 22.3 Å². The minimum Gasteiger partial charge on any atom is -0.296 e. The molecule has 0 amide bonds.